The van der Waals surface area contributed by atoms with Crippen molar-refractivity contribution in [1.29, 1.82) is 5.26 Å². The number of rotatable bonds is 7. The summed E-state index contributed by atoms with van der Waals surface area (Å²) in [5.74, 6) is 11.8. The Labute approximate surface area is 187 Å². The second-order valence-electron chi connectivity index (χ2n) is 6.85. The van der Waals surface area contributed by atoms with E-state index in [2.05, 4.69) is 37.4 Å². The molecule has 164 valence electrons. The third-order valence-electron chi connectivity index (χ3n) is 5.01. The van der Waals surface area contributed by atoms with Crippen molar-refractivity contribution >= 4 is 34.8 Å². The van der Waals surface area contributed by atoms with E-state index in [1.165, 1.54) is 6.07 Å². The number of anilines is 1. The predicted molar refractivity (Wildman–Crippen MR) is 132 cm³/mol. The zero-order chi connectivity index (χ0) is 22.8. The number of hydrogen-bond acceptors (Lipinski definition) is 6. The van der Waals surface area contributed by atoms with Crippen LogP contribution in [0.25, 0.3) is 5.70 Å². The molecule has 0 radical (unpaired) electrons. The van der Waals surface area contributed by atoms with Gasteiger partial charge in [-0.3, -0.25) is 10.8 Å². The minimum Gasteiger partial charge on any atom is -0.324 e. The molecule has 1 aliphatic heterocycles. The lowest BCUT2D eigenvalue weighted by Crippen LogP contribution is -2.37. The zero-order valence-electron chi connectivity index (χ0n) is 18.2. The Morgan fingerprint density at radius 2 is 2.10 bits per heavy atom. The summed E-state index contributed by atoms with van der Waals surface area (Å²) in [6.07, 6.45) is 5.13. The molecule has 0 bridgehead atoms. The molecule has 1 aromatic carbocycles. The molecule has 9 heteroatoms. The van der Waals surface area contributed by atoms with E-state index in [9.17, 15) is 4.39 Å². The Morgan fingerprint density at radius 3 is 2.65 bits per heavy atom. The number of hydrogen-bond donors (Lipinski definition) is 2. The first-order valence-corrected chi connectivity index (χ1v) is 11.6. The fourth-order valence-corrected chi connectivity index (χ4v) is 4.78. The van der Waals surface area contributed by atoms with E-state index in [1.54, 1.807) is 24.5 Å². The molecular weight excluding hydrogens is 410 g/mol. The highest BCUT2D eigenvalue weighted by molar-refractivity contribution is 8.13. The maximum absolute atomic E-state index is 14.8. The van der Waals surface area contributed by atoms with Crippen molar-refractivity contribution in [3.05, 3.63) is 66.2 Å². The van der Waals surface area contributed by atoms with Crippen LogP contribution in [-0.2, 0) is 6.54 Å². The van der Waals surface area contributed by atoms with E-state index in [0.29, 0.717) is 23.4 Å². The topological polar surface area (TPSA) is 81.2 Å². The number of pyridine rings is 1. The monoisotopic (exact) mass is 440 g/mol. The van der Waals surface area contributed by atoms with Crippen molar-refractivity contribution in [3.8, 4) is 5.97 Å². The van der Waals surface area contributed by atoms with Crippen LogP contribution in [0.1, 0.15) is 25.0 Å². The summed E-state index contributed by atoms with van der Waals surface area (Å²) >= 11 is 0. The van der Waals surface area contributed by atoms with E-state index in [0.717, 1.165) is 31.4 Å². The Hall–Kier alpha value is -2.67. The lowest BCUT2D eigenvalue weighted by molar-refractivity contribution is 0.500. The molecule has 3 N–H and O–H groups in total. The minimum absolute atomic E-state index is 0.101. The summed E-state index contributed by atoms with van der Waals surface area (Å²) in [6, 6.07) is 8.78. The molecule has 6 nitrogen and oxygen atoms in total. The number of nitrogens with two attached hydrogens (primary N) is 1. The highest BCUT2D eigenvalue weighted by Crippen LogP contribution is 2.34. The number of nitrogens with one attached hydrogen (secondary N) is 1. The maximum Gasteiger partial charge on any atom is 0.270 e. The predicted octanol–water partition coefficient (Wildman–Crippen LogP) is 4.09. The van der Waals surface area contributed by atoms with Gasteiger partial charge in [0.1, 0.15) is 5.82 Å². The van der Waals surface area contributed by atoms with Crippen LogP contribution < -0.4 is 15.6 Å². The molecule has 0 amide bonds. The SMILES string of the molecule is C=C(NN)c1ccc(CN(c2cccnc2)S(=C)N2CCB(C#N)CC2)c(F)c1.CC. The molecule has 1 unspecified atom stereocenters. The highest BCUT2D eigenvalue weighted by atomic mass is 32.2. The van der Waals surface area contributed by atoms with Gasteiger partial charge >= 0.3 is 0 Å². The van der Waals surface area contributed by atoms with Crippen molar-refractivity contribution in [2.24, 2.45) is 5.84 Å². The Balaban J connectivity index is 0.00000166. The average Bonchev–Trinajstić information content (AvgIpc) is 2.84. The Kier molecular flexibility index (Phi) is 9.72. The molecule has 2 heterocycles. The van der Waals surface area contributed by atoms with Gasteiger partial charge in [0, 0.05) is 42.1 Å². The minimum atomic E-state index is -0.536. The number of benzene rings is 1. The van der Waals surface area contributed by atoms with Crippen LogP contribution in [-0.4, -0.2) is 35.0 Å². The first-order chi connectivity index (χ1) is 15.0. The average molecular weight is 440 g/mol. The van der Waals surface area contributed by atoms with Crippen molar-refractivity contribution < 1.29 is 4.39 Å². The fraction of sp³-hybridized carbons (Fsp3) is 0.318. The van der Waals surface area contributed by atoms with Crippen molar-refractivity contribution in [1.82, 2.24) is 14.7 Å². The fourth-order valence-electron chi connectivity index (χ4n) is 3.23. The van der Waals surface area contributed by atoms with Crippen molar-refractivity contribution in [2.75, 3.05) is 17.4 Å². The lowest BCUT2D eigenvalue weighted by Gasteiger charge is -2.37. The summed E-state index contributed by atoms with van der Waals surface area (Å²) in [7, 11) is -0.536. The van der Waals surface area contributed by atoms with Crippen molar-refractivity contribution in [2.45, 2.75) is 33.0 Å². The summed E-state index contributed by atoms with van der Waals surface area (Å²) < 4.78 is 19.1. The number of aromatic nitrogens is 1. The van der Waals surface area contributed by atoms with Crippen LogP contribution in [0.15, 0.2) is 49.3 Å². The summed E-state index contributed by atoms with van der Waals surface area (Å²) in [6.45, 7) is 9.81. The quantitative estimate of drug-likeness (QED) is 0.292. The van der Waals surface area contributed by atoms with Crippen LogP contribution in [0.5, 0.6) is 0 Å². The third-order valence-corrected chi connectivity index (χ3v) is 6.82. The molecule has 1 fully saturated rings. The summed E-state index contributed by atoms with van der Waals surface area (Å²) in [5, 5.41) is 9.15. The van der Waals surface area contributed by atoms with E-state index < -0.39 is 10.9 Å². The second kappa shape index (κ2) is 12.3. The van der Waals surface area contributed by atoms with Gasteiger partial charge in [0.05, 0.1) is 18.4 Å². The van der Waals surface area contributed by atoms with Crippen LogP contribution in [0.3, 0.4) is 0 Å². The van der Waals surface area contributed by atoms with Gasteiger partial charge in [0.25, 0.3) is 6.71 Å². The molecule has 0 saturated carbocycles. The number of hydrazine groups is 1. The van der Waals surface area contributed by atoms with Gasteiger partial charge < -0.3 is 9.73 Å². The molecule has 1 aliphatic rings. The van der Waals surface area contributed by atoms with Crippen LogP contribution in [0.2, 0.25) is 12.6 Å². The highest BCUT2D eigenvalue weighted by Gasteiger charge is 2.26. The molecule has 0 aliphatic carbocycles. The molecule has 1 saturated heterocycles. The Bertz CT molecular complexity index is 925. The normalized spacial score (nSPS) is 14.6. The number of nitriles is 1. The summed E-state index contributed by atoms with van der Waals surface area (Å²) in [4.78, 5) is 4.22. The first kappa shape index (κ1) is 24.6. The summed E-state index contributed by atoms with van der Waals surface area (Å²) in [5.41, 5.74) is 4.94. The van der Waals surface area contributed by atoms with Gasteiger partial charge in [-0.1, -0.05) is 32.6 Å². The van der Waals surface area contributed by atoms with E-state index >= 15 is 0 Å². The molecule has 3 rings (SSSR count). The lowest BCUT2D eigenvalue weighted by atomic mass is 9.45. The molecule has 31 heavy (non-hydrogen) atoms. The Morgan fingerprint density at radius 1 is 1.39 bits per heavy atom. The van der Waals surface area contributed by atoms with E-state index in [4.69, 9.17) is 11.1 Å². The number of halogens is 1. The van der Waals surface area contributed by atoms with Crippen LogP contribution >= 0.6 is 10.9 Å². The first-order valence-electron chi connectivity index (χ1n) is 10.3. The maximum atomic E-state index is 14.8. The third kappa shape index (κ3) is 6.41. The van der Waals surface area contributed by atoms with Crippen LogP contribution in [0.4, 0.5) is 10.1 Å². The molecule has 1 aromatic heterocycles. The van der Waals surface area contributed by atoms with Gasteiger partial charge in [-0.2, -0.15) is 0 Å². The van der Waals surface area contributed by atoms with Gasteiger partial charge in [-0.05, 0) is 47.6 Å². The smallest absolute Gasteiger partial charge is 0.270 e. The second-order valence-corrected chi connectivity index (χ2v) is 8.49. The van der Waals surface area contributed by atoms with Gasteiger partial charge in [0.15, 0.2) is 0 Å². The van der Waals surface area contributed by atoms with Gasteiger partial charge in [-0.15, -0.1) is 0 Å². The van der Waals surface area contributed by atoms with E-state index in [1.807, 2.05) is 26.0 Å². The molecule has 1 atom stereocenters. The number of nitrogens with zero attached hydrogens (tertiary/aromatic N) is 4. The molecule has 0 spiro atoms. The van der Waals surface area contributed by atoms with Crippen molar-refractivity contribution in [3.63, 3.8) is 0 Å². The largest absolute Gasteiger partial charge is 0.324 e. The molecule has 2 aromatic rings. The standard InChI is InChI=1S/C20H24BFN6S.C2H6/c1-16(26-24)17-5-6-18(20(22)12-17)14-28(19-4-3-9-25-13-19)29(2)27-10-7-21(15-23)8-11-27;1-2/h3-6,9,12-13,26H,1-2,7-8,10-11,14,24H2;1-2H3. The van der Waals surface area contributed by atoms with E-state index in [-0.39, 0.29) is 12.5 Å². The zero-order valence-corrected chi connectivity index (χ0v) is 19.0. The van der Waals surface area contributed by atoms with Crippen LogP contribution in [0, 0.1) is 17.0 Å². The molecular formula is C22H30BFN6S. The van der Waals surface area contributed by atoms with Gasteiger partial charge in [-0.25, -0.2) is 14.0 Å². The van der Waals surface area contributed by atoms with Gasteiger partial charge in [0.2, 0.25) is 0 Å².